The van der Waals surface area contributed by atoms with E-state index in [-0.39, 0.29) is 0 Å². The van der Waals surface area contributed by atoms with Crippen molar-refractivity contribution in [3.63, 3.8) is 0 Å². The molecule has 2 atom stereocenters. The topological polar surface area (TPSA) is 64.9 Å². The van der Waals surface area contributed by atoms with Gasteiger partial charge in [-0.3, -0.25) is 0 Å². The Bertz CT molecular complexity index is 272. The highest BCUT2D eigenvalue weighted by Crippen LogP contribution is 2.15. The molecule has 0 aliphatic rings. The van der Waals surface area contributed by atoms with Gasteiger partial charge in [0.2, 0.25) is 5.89 Å². The minimum absolute atomic E-state index is 0.376. The third-order valence-corrected chi connectivity index (χ3v) is 2.46. The van der Waals surface area contributed by atoms with Crippen LogP contribution in [0.4, 0.5) is 0 Å². The van der Waals surface area contributed by atoms with E-state index < -0.39 is 0 Å². The molecule has 2 N–H and O–H groups in total. The van der Waals surface area contributed by atoms with Gasteiger partial charge in [-0.05, 0) is 18.9 Å². The van der Waals surface area contributed by atoms with Crippen molar-refractivity contribution in [2.75, 3.05) is 6.54 Å². The van der Waals surface area contributed by atoms with Crippen LogP contribution < -0.4 is 5.73 Å². The summed E-state index contributed by atoms with van der Waals surface area (Å²) in [4.78, 5) is 4.34. The van der Waals surface area contributed by atoms with Crippen LogP contribution >= 0.6 is 0 Å². The normalized spacial score (nSPS) is 15.4. The minimum atomic E-state index is 0.376. The van der Waals surface area contributed by atoms with Crippen LogP contribution in [0.1, 0.15) is 44.8 Å². The van der Waals surface area contributed by atoms with E-state index in [1.165, 1.54) is 0 Å². The van der Waals surface area contributed by atoms with Gasteiger partial charge in [0.15, 0.2) is 5.82 Å². The molecule has 1 heterocycles. The van der Waals surface area contributed by atoms with Crippen LogP contribution in [0.5, 0.6) is 0 Å². The fourth-order valence-corrected chi connectivity index (χ4v) is 1.12. The molecule has 0 aromatic carbocycles. The Morgan fingerprint density at radius 2 is 2.14 bits per heavy atom. The molecule has 0 fully saturated rings. The predicted octanol–water partition coefficient (Wildman–Crippen LogP) is 1.72. The highest BCUT2D eigenvalue weighted by molar-refractivity contribution is 4.93. The first-order valence-electron chi connectivity index (χ1n) is 5.19. The molecule has 0 aliphatic carbocycles. The molecule has 4 nitrogen and oxygen atoms in total. The van der Waals surface area contributed by atoms with Crippen molar-refractivity contribution < 1.29 is 4.52 Å². The lowest BCUT2D eigenvalue weighted by Crippen LogP contribution is -2.13. The summed E-state index contributed by atoms with van der Waals surface area (Å²) < 4.78 is 5.14. The summed E-state index contributed by atoms with van der Waals surface area (Å²) in [5.74, 6) is 2.30. The molecule has 0 aliphatic heterocycles. The van der Waals surface area contributed by atoms with Gasteiger partial charge in [0.1, 0.15) is 0 Å². The van der Waals surface area contributed by atoms with E-state index in [1.54, 1.807) is 0 Å². The van der Waals surface area contributed by atoms with Gasteiger partial charge in [0.05, 0.1) is 0 Å². The Labute approximate surface area is 84.9 Å². The molecule has 0 saturated heterocycles. The molecule has 0 radical (unpaired) electrons. The van der Waals surface area contributed by atoms with Gasteiger partial charge in [-0.25, -0.2) is 0 Å². The van der Waals surface area contributed by atoms with Gasteiger partial charge >= 0.3 is 0 Å². The number of hydrogen-bond acceptors (Lipinski definition) is 4. The van der Waals surface area contributed by atoms with Crippen LogP contribution in [-0.4, -0.2) is 16.7 Å². The molecule has 4 heteroatoms. The summed E-state index contributed by atoms with van der Waals surface area (Å²) in [6.45, 7) is 6.94. The standard InChI is InChI=1S/C10H19N3O/c1-4-8(3)10-12-9(14-13-10)5-7(2)6-11/h7-8H,4-6,11H2,1-3H3. The zero-order valence-electron chi connectivity index (χ0n) is 9.16. The molecular formula is C10H19N3O. The second-order valence-electron chi connectivity index (χ2n) is 3.90. The van der Waals surface area contributed by atoms with Crippen molar-refractivity contribution in [1.29, 1.82) is 0 Å². The first-order chi connectivity index (χ1) is 6.67. The fraction of sp³-hybridized carbons (Fsp3) is 0.800. The number of nitrogens with zero attached hydrogens (tertiary/aromatic N) is 2. The molecule has 1 aromatic rings. The number of aromatic nitrogens is 2. The smallest absolute Gasteiger partial charge is 0.226 e. The van der Waals surface area contributed by atoms with Crippen LogP contribution in [0.3, 0.4) is 0 Å². The third kappa shape index (κ3) is 2.80. The Balaban J connectivity index is 2.59. The van der Waals surface area contributed by atoms with Crippen LogP contribution in [0.15, 0.2) is 4.52 Å². The van der Waals surface area contributed by atoms with Crippen molar-refractivity contribution in [3.05, 3.63) is 11.7 Å². The number of nitrogens with two attached hydrogens (primary N) is 1. The Morgan fingerprint density at radius 3 is 2.71 bits per heavy atom. The summed E-state index contributed by atoms with van der Waals surface area (Å²) in [5, 5.41) is 3.95. The quantitative estimate of drug-likeness (QED) is 0.780. The zero-order chi connectivity index (χ0) is 10.6. The van der Waals surface area contributed by atoms with E-state index in [2.05, 4.69) is 30.9 Å². The van der Waals surface area contributed by atoms with E-state index in [0.29, 0.717) is 24.3 Å². The molecule has 0 amide bonds. The number of rotatable bonds is 5. The van der Waals surface area contributed by atoms with Crippen LogP contribution in [0.25, 0.3) is 0 Å². The minimum Gasteiger partial charge on any atom is -0.339 e. The third-order valence-electron chi connectivity index (χ3n) is 2.46. The van der Waals surface area contributed by atoms with Crippen molar-refractivity contribution in [2.45, 2.75) is 39.5 Å². The van der Waals surface area contributed by atoms with Gasteiger partial charge in [-0.2, -0.15) is 4.98 Å². The lowest BCUT2D eigenvalue weighted by molar-refractivity contribution is 0.353. The summed E-state index contributed by atoms with van der Waals surface area (Å²) in [6, 6.07) is 0. The lowest BCUT2D eigenvalue weighted by atomic mass is 10.1. The van der Waals surface area contributed by atoms with Gasteiger partial charge in [0.25, 0.3) is 0 Å². The monoisotopic (exact) mass is 197 g/mol. The van der Waals surface area contributed by atoms with E-state index >= 15 is 0 Å². The van der Waals surface area contributed by atoms with Gasteiger partial charge in [0, 0.05) is 12.3 Å². The summed E-state index contributed by atoms with van der Waals surface area (Å²) >= 11 is 0. The Morgan fingerprint density at radius 1 is 1.43 bits per heavy atom. The Kier molecular flexibility index (Phi) is 4.07. The van der Waals surface area contributed by atoms with E-state index in [1.807, 2.05) is 0 Å². The first kappa shape index (κ1) is 11.2. The van der Waals surface area contributed by atoms with Crippen molar-refractivity contribution in [3.8, 4) is 0 Å². The largest absolute Gasteiger partial charge is 0.339 e. The second-order valence-corrected chi connectivity index (χ2v) is 3.90. The Hall–Kier alpha value is -0.900. The van der Waals surface area contributed by atoms with Crippen molar-refractivity contribution in [1.82, 2.24) is 10.1 Å². The van der Waals surface area contributed by atoms with Crippen LogP contribution in [0.2, 0.25) is 0 Å². The van der Waals surface area contributed by atoms with Gasteiger partial charge in [-0.15, -0.1) is 0 Å². The maximum absolute atomic E-state index is 5.52. The van der Waals surface area contributed by atoms with Crippen molar-refractivity contribution in [2.24, 2.45) is 11.7 Å². The molecule has 1 aromatic heterocycles. The summed E-state index contributed by atoms with van der Waals surface area (Å²) in [6.07, 6.45) is 1.81. The summed E-state index contributed by atoms with van der Waals surface area (Å²) in [7, 11) is 0. The fourth-order valence-electron chi connectivity index (χ4n) is 1.12. The maximum Gasteiger partial charge on any atom is 0.226 e. The highest BCUT2D eigenvalue weighted by atomic mass is 16.5. The van der Waals surface area contributed by atoms with E-state index in [0.717, 1.165) is 18.7 Å². The average Bonchev–Trinajstić information content (AvgIpc) is 2.65. The van der Waals surface area contributed by atoms with Gasteiger partial charge in [-0.1, -0.05) is 25.9 Å². The second kappa shape index (κ2) is 5.10. The molecule has 80 valence electrons. The average molecular weight is 197 g/mol. The van der Waals surface area contributed by atoms with E-state index in [9.17, 15) is 0 Å². The summed E-state index contributed by atoms with van der Waals surface area (Å²) in [5.41, 5.74) is 5.52. The highest BCUT2D eigenvalue weighted by Gasteiger charge is 2.13. The maximum atomic E-state index is 5.52. The van der Waals surface area contributed by atoms with Gasteiger partial charge < -0.3 is 10.3 Å². The van der Waals surface area contributed by atoms with E-state index in [4.69, 9.17) is 10.3 Å². The van der Waals surface area contributed by atoms with Crippen LogP contribution in [-0.2, 0) is 6.42 Å². The van der Waals surface area contributed by atoms with Crippen LogP contribution in [0, 0.1) is 5.92 Å². The molecule has 0 saturated carbocycles. The number of hydrogen-bond donors (Lipinski definition) is 1. The molecule has 14 heavy (non-hydrogen) atoms. The molecular weight excluding hydrogens is 178 g/mol. The molecule has 2 unspecified atom stereocenters. The SMILES string of the molecule is CCC(C)c1noc(CC(C)CN)n1. The molecule has 1 rings (SSSR count). The first-order valence-corrected chi connectivity index (χ1v) is 5.19. The molecule has 0 spiro atoms. The molecule has 0 bridgehead atoms. The lowest BCUT2D eigenvalue weighted by Gasteiger charge is -2.02. The van der Waals surface area contributed by atoms with Crippen molar-refractivity contribution >= 4 is 0 Å². The predicted molar refractivity (Wildman–Crippen MR) is 54.9 cm³/mol. The zero-order valence-corrected chi connectivity index (χ0v) is 9.16.